The monoisotopic (exact) mass is 332 g/mol. The molecular weight excluding hydrogens is 300 g/mol. The average molecular weight is 332 g/mol. The van der Waals surface area contributed by atoms with Crippen molar-refractivity contribution in [3.63, 3.8) is 0 Å². The zero-order chi connectivity index (χ0) is 17.4. The van der Waals surface area contributed by atoms with Gasteiger partial charge in [-0.15, -0.1) is 0 Å². The van der Waals surface area contributed by atoms with Crippen LogP contribution in [0.4, 0.5) is 0 Å². The van der Waals surface area contributed by atoms with E-state index in [9.17, 15) is 0 Å². The number of nitrogens with zero attached hydrogens (tertiary/aromatic N) is 2. The van der Waals surface area contributed by atoms with Crippen LogP contribution in [0.15, 0.2) is 29.3 Å². The molecule has 2 N–H and O–H groups in total. The highest BCUT2D eigenvalue weighted by atomic mass is 16.5. The van der Waals surface area contributed by atoms with Crippen molar-refractivity contribution in [2.24, 2.45) is 4.99 Å². The Morgan fingerprint density at radius 2 is 1.83 bits per heavy atom. The van der Waals surface area contributed by atoms with Gasteiger partial charge in [0.25, 0.3) is 0 Å². The van der Waals surface area contributed by atoms with Crippen molar-refractivity contribution in [1.29, 1.82) is 0 Å². The van der Waals surface area contributed by atoms with Gasteiger partial charge in [-0.3, -0.25) is 9.89 Å². The lowest BCUT2D eigenvalue weighted by molar-refractivity contribution is 0.164. The second-order valence-corrected chi connectivity index (χ2v) is 6.64. The normalized spacial score (nSPS) is 17.6. The number of likely N-dealkylation sites (tertiary alicyclic amines) is 1. The van der Waals surface area contributed by atoms with Gasteiger partial charge in [-0.2, -0.15) is 0 Å². The van der Waals surface area contributed by atoms with Gasteiger partial charge in [0.2, 0.25) is 0 Å². The van der Waals surface area contributed by atoms with Gasteiger partial charge in [0.05, 0.1) is 13.2 Å². The average Bonchev–Trinajstić information content (AvgIpc) is 2.62. The third-order valence-electron chi connectivity index (χ3n) is 4.44. The molecular formula is C19H32N4O. The SMILES string of the molecule is CN=C(NCC(c1ccc(OC)cc1)N1CCCCC1)NC(C)C. The number of guanidine groups is 1. The van der Waals surface area contributed by atoms with E-state index in [1.807, 2.05) is 19.2 Å². The van der Waals surface area contributed by atoms with Crippen molar-refractivity contribution in [1.82, 2.24) is 15.5 Å². The van der Waals surface area contributed by atoms with Gasteiger partial charge in [-0.1, -0.05) is 18.6 Å². The van der Waals surface area contributed by atoms with Crippen LogP contribution in [0.2, 0.25) is 0 Å². The minimum absolute atomic E-state index is 0.349. The molecule has 1 aliphatic heterocycles. The summed E-state index contributed by atoms with van der Waals surface area (Å²) < 4.78 is 5.30. The Morgan fingerprint density at radius 1 is 1.17 bits per heavy atom. The summed E-state index contributed by atoms with van der Waals surface area (Å²) in [7, 11) is 3.53. The molecule has 1 aromatic rings. The maximum Gasteiger partial charge on any atom is 0.191 e. The molecule has 5 nitrogen and oxygen atoms in total. The molecule has 2 rings (SSSR count). The third kappa shape index (κ3) is 5.41. The van der Waals surface area contributed by atoms with Crippen molar-refractivity contribution in [3.05, 3.63) is 29.8 Å². The van der Waals surface area contributed by atoms with Crippen LogP contribution in [0.25, 0.3) is 0 Å². The van der Waals surface area contributed by atoms with E-state index in [1.54, 1.807) is 7.11 Å². The maximum absolute atomic E-state index is 5.30. The number of benzene rings is 1. The number of ether oxygens (including phenoxy) is 1. The van der Waals surface area contributed by atoms with E-state index in [2.05, 4.69) is 46.5 Å². The molecule has 0 spiro atoms. The number of rotatable bonds is 6. The van der Waals surface area contributed by atoms with Crippen molar-refractivity contribution in [2.45, 2.75) is 45.2 Å². The molecule has 0 aromatic heterocycles. The Morgan fingerprint density at radius 3 is 2.38 bits per heavy atom. The minimum Gasteiger partial charge on any atom is -0.497 e. The lowest BCUT2D eigenvalue weighted by Crippen LogP contribution is -2.46. The standard InChI is InChI=1S/C19H32N4O/c1-15(2)22-19(20-3)21-14-18(23-12-6-5-7-13-23)16-8-10-17(24-4)11-9-16/h8-11,15,18H,5-7,12-14H2,1-4H3,(H2,20,21,22). The summed E-state index contributed by atoms with van der Waals surface area (Å²) in [6.45, 7) is 7.42. The van der Waals surface area contributed by atoms with Crippen LogP contribution in [0.1, 0.15) is 44.7 Å². The molecule has 0 radical (unpaired) electrons. The first-order valence-corrected chi connectivity index (χ1v) is 8.99. The van der Waals surface area contributed by atoms with Crippen LogP contribution in [-0.4, -0.2) is 50.7 Å². The van der Waals surface area contributed by atoms with E-state index >= 15 is 0 Å². The summed E-state index contributed by atoms with van der Waals surface area (Å²) in [4.78, 5) is 6.91. The van der Waals surface area contributed by atoms with Crippen molar-refractivity contribution >= 4 is 5.96 Å². The predicted octanol–water partition coefficient (Wildman–Crippen LogP) is 2.80. The Balaban J connectivity index is 2.09. The first-order chi connectivity index (χ1) is 11.6. The van der Waals surface area contributed by atoms with Crippen LogP contribution in [0.3, 0.4) is 0 Å². The second kappa shape index (κ2) is 9.52. The van der Waals surface area contributed by atoms with E-state index < -0.39 is 0 Å². The quantitative estimate of drug-likeness (QED) is 0.621. The van der Waals surface area contributed by atoms with Crippen LogP contribution >= 0.6 is 0 Å². The summed E-state index contributed by atoms with van der Waals surface area (Å²) in [5.74, 6) is 1.77. The fourth-order valence-corrected chi connectivity index (χ4v) is 3.18. The first kappa shape index (κ1) is 18.6. The van der Waals surface area contributed by atoms with Crippen molar-refractivity contribution < 1.29 is 4.74 Å². The topological polar surface area (TPSA) is 48.9 Å². The predicted molar refractivity (Wildman–Crippen MR) is 101 cm³/mol. The van der Waals surface area contributed by atoms with Gasteiger partial charge in [0.1, 0.15) is 5.75 Å². The van der Waals surface area contributed by atoms with Gasteiger partial charge >= 0.3 is 0 Å². The number of aliphatic imine (C=N–C) groups is 1. The smallest absolute Gasteiger partial charge is 0.191 e. The molecule has 0 saturated carbocycles. The molecule has 1 atom stereocenters. The summed E-state index contributed by atoms with van der Waals surface area (Å²) >= 11 is 0. The van der Waals surface area contributed by atoms with Crippen LogP contribution in [0.5, 0.6) is 5.75 Å². The summed E-state index contributed by atoms with van der Waals surface area (Å²) in [5, 5.41) is 6.85. The van der Waals surface area contributed by atoms with Gasteiger partial charge in [-0.05, 0) is 57.5 Å². The molecule has 1 aliphatic rings. The molecule has 134 valence electrons. The molecule has 1 aromatic carbocycles. The second-order valence-electron chi connectivity index (χ2n) is 6.64. The minimum atomic E-state index is 0.349. The molecule has 1 fully saturated rings. The summed E-state index contributed by atoms with van der Waals surface area (Å²) in [5.41, 5.74) is 1.32. The van der Waals surface area contributed by atoms with Gasteiger partial charge in [-0.25, -0.2) is 0 Å². The zero-order valence-electron chi connectivity index (χ0n) is 15.5. The molecule has 0 bridgehead atoms. The first-order valence-electron chi connectivity index (χ1n) is 8.99. The van der Waals surface area contributed by atoms with Crippen molar-refractivity contribution in [2.75, 3.05) is 33.8 Å². The van der Waals surface area contributed by atoms with Crippen LogP contribution < -0.4 is 15.4 Å². The number of hydrogen-bond acceptors (Lipinski definition) is 3. The molecule has 0 aliphatic carbocycles. The zero-order valence-corrected chi connectivity index (χ0v) is 15.5. The Labute approximate surface area is 146 Å². The molecule has 1 heterocycles. The third-order valence-corrected chi connectivity index (χ3v) is 4.44. The molecule has 0 amide bonds. The van der Waals surface area contributed by atoms with E-state index in [4.69, 9.17) is 4.74 Å². The number of nitrogens with one attached hydrogen (secondary N) is 2. The molecule has 5 heteroatoms. The van der Waals surface area contributed by atoms with E-state index in [1.165, 1.54) is 24.8 Å². The highest BCUT2D eigenvalue weighted by molar-refractivity contribution is 5.79. The highest BCUT2D eigenvalue weighted by Crippen LogP contribution is 2.25. The lowest BCUT2D eigenvalue weighted by atomic mass is 10.0. The van der Waals surface area contributed by atoms with E-state index in [-0.39, 0.29) is 0 Å². The molecule has 1 saturated heterocycles. The van der Waals surface area contributed by atoms with Gasteiger partial charge in [0.15, 0.2) is 5.96 Å². The number of piperidine rings is 1. The number of hydrogen-bond donors (Lipinski definition) is 2. The highest BCUT2D eigenvalue weighted by Gasteiger charge is 2.22. The van der Waals surface area contributed by atoms with Crippen molar-refractivity contribution in [3.8, 4) is 5.75 Å². The Hall–Kier alpha value is -1.75. The fraction of sp³-hybridized carbons (Fsp3) is 0.632. The van der Waals surface area contributed by atoms with Gasteiger partial charge < -0.3 is 15.4 Å². The van der Waals surface area contributed by atoms with Crippen LogP contribution in [-0.2, 0) is 0 Å². The van der Waals surface area contributed by atoms with Gasteiger partial charge in [0, 0.05) is 19.6 Å². The summed E-state index contributed by atoms with van der Waals surface area (Å²) in [6.07, 6.45) is 3.91. The van der Waals surface area contributed by atoms with E-state index in [0.717, 1.165) is 31.3 Å². The Bertz CT molecular complexity index is 507. The molecule has 24 heavy (non-hydrogen) atoms. The molecule has 1 unspecified atom stereocenters. The Kier molecular flexibility index (Phi) is 7.37. The number of methoxy groups -OCH3 is 1. The van der Waals surface area contributed by atoms with Crippen LogP contribution in [0, 0.1) is 0 Å². The lowest BCUT2D eigenvalue weighted by Gasteiger charge is -2.35. The maximum atomic E-state index is 5.30. The summed E-state index contributed by atoms with van der Waals surface area (Å²) in [6, 6.07) is 9.17. The fourth-order valence-electron chi connectivity index (χ4n) is 3.18. The van der Waals surface area contributed by atoms with E-state index in [0.29, 0.717) is 12.1 Å². The largest absolute Gasteiger partial charge is 0.497 e.